The lowest BCUT2D eigenvalue weighted by atomic mass is 10.1. The number of hydrogen-bond acceptors (Lipinski definition) is 9. The normalized spacial score (nSPS) is 17.1. The number of hydrogen-bond donors (Lipinski definition) is 2. The lowest BCUT2D eigenvalue weighted by molar-refractivity contribution is -0.137. The zero-order valence-corrected chi connectivity index (χ0v) is 26.9. The summed E-state index contributed by atoms with van der Waals surface area (Å²) in [6.45, 7) is 4.32. The Bertz CT molecular complexity index is 1950. The van der Waals surface area contributed by atoms with E-state index in [2.05, 4.69) is 20.4 Å². The van der Waals surface area contributed by atoms with Crippen LogP contribution in [-0.4, -0.2) is 91.4 Å². The molecule has 0 radical (unpaired) electrons. The van der Waals surface area contributed by atoms with Crippen molar-refractivity contribution in [3.8, 4) is 5.75 Å². The maximum absolute atomic E-state index is 14.3. The first-order valence-electron chi connectivity index (χ1n) is 15.9. The summed E-state index contributed by atoms with van der Waals surface area (Å²) in [4.78, 5) is 54.3. The lowest BCUT2D eigenvalue weighted by Gasteiger charge is -2.36. The van der Waals surface area contributed by atoms with Crippen LogP contribution in [0.25, 0.3) is 5.78 Å². The van der Waals surface area contributed by atoms with Crippen molar-refractivity contribution in [1.82, 2.24) is 29.0 Å². The van der Waals surface area contributed by atoms with Crippen molar-refractivity contribution in [2.45, 2.75) is 52.0 Å². The van der Waals surface area contributed by atoms with Crippen LogP contribution in [0.15, 0.2) is 41.3 Å². The molecule has 0 saturated carbocycles. The molecule has 0 unspecified atom stereocenters. The van der Waals surface area contributed by atoms with E-state index in [0.717, 1.165) is 16.6 Å². The number of piperazine rings is 1. The molecule has 0 aliphatic carbocycles. The fourth-order valence-corrected chi connectivity index (χ4v) is 6.32. The van der Waals surface area contributed by atoms with Crippen LogP contribution in [0.3, 0.4) is 0 Å². The average molecular weight is 686 g/mol. The summed E-state index contributed by atoms with van der Waals surface area (Å²) in [5.74, 6) is -1.08. The number of aromatic hydroxyl groups is 1. The van der Waals surface area contributed by atoms with Gasteiger partial charge in [0.2, 0.25) is 17.6 Å². The highest BCUT2D eigenvalue weighted by molar-refractivity contribution is 5.95. The zero-order chi connectivity index (χ0) is 35.0. The summed E-state index contributed by atoms with van der Waals surface area (Å²) in [6, 6.07) is 5.91. The summed E-state index contributed by atoms with van der Waals surface area (Å²) in [5.41, 5.74) is -0.307. The number of carbonyl (C=O) groups excluding carboxylic acids is 2. The van der Waals surface area contributed by atoms with Gasteiger partial charge in [0, 0.05) is 44.6 Å². The predicted molar refractivity (Wildman–Crippen MR) is 172 cm³/mol. The Morgan fingerprint density at radius 2 is 1.84 bits per heavy atom. The van der Waals surface area contributed by atoms with Crippen molar-refractivity contribution >= 4 is 34.9 Å². The van der Waals surface area contributed by atoms with Crippen molar-refractivity contribution in [3.05, 3.63) is 69.4 Å². The highest BCUT2D eigenvalue weighted by Crippen LogP contribution is 2.32. The fraction of sp³-hybridized carbons (Fsp3) is 0.438. The monoisotopic (exact) mass is 685 g/mol. The average Bonchev–Trinajstić information content (AvgIpc) is 3.53. The topological polar surface area (TPSA) is 141 Å². The maximum atomic E-state index is 14.3. The molecule has 6 rings (SSSR count). The second kappa shape index (κ2) is 13.4. The Kier molecular flexibility index (Phi) is 9.18. The van der Waals surface area contributed by atoms with Crippen LogP contribution in [0.1, 0.15) is 47.1 Å². The number of anilines is 3. The van der Waals surface area contributed by atoms with E-state index in [-0.39, 0.29) is 85.8 Å². The van der Waals surface area contributed by atoms with Crippen LogP contribution in [0, 0.1) is 6.92 Å². The maximum Gasteiger partial charge on any atom is 0.416 e. The summed E-state index contributed by atoms with van der Waals surface area (Å²) < 4.78 is 56.7. The largest absolute Gasteiger partial charge is 0.505 e. The summed E-state index contributed by atoms with van der Waals surface area (Å²) in [6.07, 6.45) is -2.96. The van der Waals surface area contributed by atoms with Crippen LogP contribution < -0.4 is 20.7 Å². The molecule has 2 fully saturated rings. The molecule has 0 spiro atoms. The molecule has 3 aromatic heterocycles. The number of nitrogens with one attached hydrogen (secondary N) is 1. The lowest BCUT2D eigenvalue weighted by Crippen LogP contribution is -2.51. The third kappa shape index (κ3) is 6.73. The Hall–Kier alpha value is -5.22. The number of pyridine rings is 1. The molecular formula is C32H35F4N9O4. The standard InChI is InChI=1S/C32H35F4N9O4/c1-3-23-27(41-12-14-42(15-13-41)28(48)26-24(46)7-4-10-37-26)29(49)45-31(39-30(40-45)43-11-5-6-21(33)17-43)44(23)18-25(47)38-22-9-8-20(16-19(22)2)32(34,35)36/h4,7-10,16,21,46H,3,5-6,11-15,17-18H2,1-2H3,(H,38,47)/t21-/m0/s1. The number of amides is 2. The molecule has 0 bridgehead atoms. The molecule has 13 nitrogen and oxygen atoms in total. The minimum Gasteiger partial charge on any atom is -0.505 e. The van der Waals surface area contributed by atoms with Gasteiger partial charge in [-0.2, -0.15) is 22.7 Å². The third-order valence-electron chi connectivity index (χ3n) is 8.80. The van der Waals surface area contributed by atoms with E-state index in [4.69, 9.17) is 0 Å². The van der Waals surface area contributed by atoms with Crippen LogP contribution >= 0.6 is 0 Å². The van der Waals surface area contributed by atoms with E-state index in [0.29, 0.717) is 25.1 Å². The quantitative estimate of drug-likeness (QED) is 0.280. The van der Waals surface area contributed by atoms with E-state index >= 15 is 0 Å². The summed E-state index contributed by atoms with van der Waals surface area (Å²) >= 11 is 0. The van der Waals surface area contributed by atoms with Gasteiger partial charge in [0.1, 0.15) is 24.2 Å². The van der Waals surface area contributed by atoms with Gasteiger partial charge in [-0.25, -0.2) is 9.37 Å². The first-order chi connectivity index (χ1) is 23.3. The van der Waals surface area contributed by atoms with Crippen LogP contribution in [-0.2, 0) is 23.9 Å². The summed E-state index contributed by atoms with van der Waals surface area (Å²) in [5, 5.41) is 17.3. The number of fused-ring (bicyclic) bond motifs is 1. The highest BCUT2D eigenvalue weighted by Gasteiger charge is 2.32. The minimum absolute atomic E-state index is 0.0497. The minimum atomic E-state index is -4.54. The van der Waals surface area contributed by atoms with Gasteiger partial charge in [-0.15, -0.1) is 5.10 Å². The zero-order valence-electron chi connectivity index (χ0n) is 26.9. The number of rotatable bonds is 7. The van der Waals surface area contributed by atoms with Gasteiger partial charge in [-0.1, -0.05) is 6.92 Å². The molecule has 5 heterocycles. The second-order valence-electron chi connectivity index (χ2n) is 12.1. The number of alkyl halides is 4. The van der Waals surface area contributed by atoms with Crippen LogP contribution in [0.5, 0.6) is 5.75 Å². The van der Waals surface area contributed by atoms with Crippen molar-refractivity contribution in [1.29, 1.82) is 0 Å². The number of halogens is 4. The molecule has 2 aliphatic rings. The molecule has 2 aliphatic heterocycles. The van der Waals surface area contributed by atoms with Gasteiger partial charge in [0.05, 0.1) is 17.8 Å². The van der Waals surface area contributed by atoms with Crippen LogP contribution in [0.2, 0.25) is 0 Å². The van der Waals surface area contributed by atoms with E-state index in [1.165, 1.54) is 36.2 Å². The van der Waals surface area contributed by atoms with E-state index in [1.54, 1.807) is 14.4 Å². The molecule has 260 valence electrons. The molecule has 2 saturated heterocycles. The highest BCUT2D eigenvalue weighted by atomic mass is 19.4. The smallest absolute Gasteiger partial charge is 0.416 e. The van der Waals surface area contributed by atoms with Gasteiger partial charge in [0.25, 0.3) is 11.5 Å². The molecule has 4 aromatic rings. The Morgan fingerprint density at radius 3 is 2.49 bits per heavy atom. The molecule has 1 aromatic carbocycles. The second-order valence-corrected chi connectivity index (χ2v) is 12.1. The Labute approximate surface area is 277 Å². The van der Waals surface area contributed by atoms with E-state index in [9.17, 15) is 37.1 Å². The van der Waals surface area contributed by atoms with Gasteiger partial charge in [0.15, 0.2) is 5.69 Å². The number of aryl methyl sites for hydroxylation is 1. The molecule has 2 N–H and O–H groups in total. The number of carbonyl (C=O) groups is 2. The molecule has 2 amide bonds. The SMILES string of the molecule is CCc1c(N2CCN(C(=O)c3ncccc3O)CC2)c(=O)n2nc(N3CCC[C@H](F)C3)nc2n1CC(=O)Nc1ccc(C(F)(F)F)cc1C. The van der Waals surface area contributed by atoms with E-state index in [1.807, 2.05) is 6.92 Å². The van der Waals surface area contributed by atoms with Gasteiger partial charge >= 0.3 is 6.18 Å². The number of aromatic nitrogens is 5. The number of benzene rings is 1. The third-order valence-corrected chi connectivity index (χ3v) is 8.80. The molecule has 1 atom stereocenters. The van der Waals surface area contributed by atoms with Gasteiger partial charge < -0.3 is 29.7 Å². The Balaban J connectivity index is 1.35. The van der Waals surface area contributed by atoms with Crippen LogP contribution in [0.4, 0.5) is 34.9 Å². The number of nitrogens with zero attached hydrogens (tertiary/aromatic N) is 8. The predicted octanol–water partition coefficient (Wildman–Crippen LogP) is 3.42. The summed E-state index contributed by atoms with van der Waals surface area (Å²) in [7, 11) is 0. The number of piperidine rings is 1. The first-order valence-corrected chi connectivity index (χ1v) is 15.9. The van der Waals surface area contributed by atoms with Crippen molar-refractivity contribution in [2.24, 2.45) is 0 Å². The fourth-order valence-electron chi connectivity index (χ4n) is 6.32. The van der Waals surface area contributed by atoms with E-state index < -0.39 is 35.3 Å². The van der Waals surface area contributed by atoms with Crippen molar-refractivity contribution in [2.75, 3.05) is 54.4 Å². The Morgan fingerprint density at radius 1 is 1.08 bits per heavy atom. The van der Waals surface area contributed by atoms with Crippen molar-refractivity contribution < 1.29 is 32.3 Å². The molecular weight excluding hydrogens is 650 g/mol. The first kappa shape index (κ1) is 33.7. The van der Waals surface area contributed by atoms with Crippen molar-refractivity contribution in [3.63, 3.8) is 0 Å². The molecule has 49 heavy (non-hydrogen) atoms. The van der Waals surface area contributed by atoms with Gasteiger partial charge in [-0.05, 0) is 62.1 Å². The van der Waals surface area contributed by atoms with Gasteiger partial charge in [-0.3, -0.25) is 14.4 Å². The molecule has 17 heteroatoms.